The third-order valence-electron chi connectivity index (χ3n) is 3.50. The van der Waals surface area contributed by atoms with E-state index in [2.05, 4.69) is 10.3 Å². The molecule has 0 heterocycles. The van der Waals surface area contributed by atoms with E-state index in [0.29, 0.717) is 0 Å². The first-order valence-electron chi connectivity index (χ1n) is 7.68. The molecule has 0 radical (unpaired) electrons. The van der Waals surface area contributed by atoms with Gasteiger partial charge in [-0.1, -0.05) is 24.3 Å². The van der Waals surface area contributed by atoms with Gasteiger partial charge in [-0.15, -0.1) is 0 Å². The van der Waals surface area contributed by atoms with Gasteiger partial charge < -0.3 is 5.32 Å². The largest absolute Gasteiger partial charge is 0.326 e. The molecule has 0 aliphatic heterocycles. The maximum atomic E-state index is 11.7. The Balaban J connectivity index is 2.59. The molecule has 0 unspecified atom stereocenters. The first-order valence-corrected chi connectivity index (χ1v) is 10.6. The van der Waals surface area contributed by atoms with Crippen molar-refractivity contribution in [1.82, 2.24) is 0 Å². The Labute approximate surface area is 166 Å². The highest BCUT2D eigenvalue weighted by atomic mass is 32.2. The molecule has 10 nitrogen and oxygen atoms in total. The van der Waals surface area contributed by atoms with Crippen molar-refractivity contribution >= 4 is 55.8 Å². The topological polar surface area (TPSA) is 167 Å². The average Bonchev–Trinajstić information content (AvgIpc) is 2.59. The van der Waals surface area contributed by atoms with Crippen LogP contribution in [-0.4, -0.2) is 37.9 Å². The fraction of sp³-hybridized carbons (Fsp3) is 0.0588. The number of rotatable bonds is 6. The summed E-state index contributed by atoms with van der Waals surface area (Å²) in [4.78, 5) is 23.6. The molecule has 0 aliphatic carbocycles. The van der Waals surface area contributed by atoms with Crippen molar-refractivity contribution in [3.63, 3.8) is 0 Å². The molecule has 0 saturated carbocycles. The second kappa shape index (κ2) is 8.47. The fourth-order valence-electron chi connectivity index (χ4n) is 2.36. The standard InChI is InChI=1S/C17H14N2O8S2/c1-11(21)19-15-7-5-13(17(9-15)29(25,26)27)3-2-12-4-6-14(18-10-20)8-16(12)28(22,23)24/h2-9H,1H3,(H,19,21)(H,22,23,24)(H,25,26,27). The molecule has 0 bridgehead atoms. The van der Waals surface area contributed by atoms with E-state index in [1.165, 1.54) is 49.4 Å². The Morgan fingerprint density at radius 3 is 1.97 bits per heavy atom. The number of nitrogens with one attached hydrogen (secondary N) is 1. The summed E-state index contributed by atoms with van der Waals surface area (Å²) in [6.07, 6.45) is 3.61. The van der Waals surface area contributed by atoms with Crippen LogP contribution in [0, 0.1) is 0 Å². The Morgan fingerprint density at radius 2 is 1.48 bits per heavy atom. The highest BCUT2D eigenvalue weighted by molar-refractivity contribution is 7.86. The minimum absolute atomic E-state index is 0.0159. The number of benzene rings is 2. The smallest absolute Gasteiger partial charge is 0.295 e. The maximum absolute atomic E-state index is 11.7. The molecule has 0 aliphatic rings. The summed E-state index contributed by atoms with van der Waals surface area (Å²) >= 11 is 0. The molecule has 2 rings (SSSR count). The molecule has 0 aromatic heterocycles. The molecule has 0 spiro atoms. The van der Waals surface area contributed by atoms with Gasteiger partial charge in [0.15, 0.2) is 0 Å². The van der Waals surface area contributed by atoms with E-state index in [-0.39, 0.29) is 22.5 Å². The molecule has 0 fully saturated rings. The lowest BCUT2D eigenvalue weighted by molar-refractivity contribution is -0.114. The number of nitrogens with zero attached hydrogens (tertiary/aromatic N) is 1. The van der Waals surface area contributed by atoms with Crippen LogP contribution in [0.25, 0.3) is 12.2 Å². The van der Waals surface area contributed by atoms with E-state index in [1.54, 1.807) is 0 Å². The highest BCUT2D eigenvalue weighted by Crippen LogP contribution is 2.26. The van der Waals surface area contributed by atoms with Crippen LogP contribution in [0.3, 0.4) is 0 Å². The van der Waals surface area contributed by atoms with E-state index in [4.69, 9.17) is 0 Å². The molecule has 0 atom stereocenters. The zero-order valence-electron chi connectivity index (χ0n) is 14.7. The summed E-state index contributed by atoms with van der Waals surface area (Å²) in [7, 11) is -9.37. The van der Waals surface area contributed by atoms with Crippen LogP contribution >= 0.6 is 0 Å². The molecule has 3 N–H and O–H groups in total. The molecule has 0 saturated heterocycles. The van der Waals surface area contributed by atoms with Crippen LogP contribution in [-0.2, 0) is 29.8 Å². The van der Waals surface area contributed by atoms with Crippen molar-refractivity contribution in [3.05, 3.63) is 47.5 Å². The second-order valence-electron chi connectivity index (χ2n) is 5.64. The number of hydrogen-bond donors (Lipinski definition) is 3. The van der Waals surface area contributed by atoms with Crippen molar-refractivity contribution in [3.8, 4) is 0 Å². The lowest BCUT2D eigenvalue weighted by Crippen LogP contribution is -2.08. The van der Waals surface area contributed by atoms with Gasteiger partial charge in [-0.3, -0.25) is 13.9 Å². The zero-order chi connectivity index (χ0) is 21.8. The highest BCUT2D eigenvalue weighted by Gasteiger charge is 2.17. The van der Waals surface area contributed by atoms with Crippen molar-refractivity contribution in [1.29, 1.82) is 0 Å². The second-order valence-corrected chi connectivity index (χ2v) is 8.42. The van der Waals surface area contributed by atoms with Crippen LogP contribution in [0.2, 0.25) is 0 Å². The number of anilines is 1. The van der Waals surface area contributed by atoms with E-state index < -0.39 is 35.9 Å². The predicted octanol–water partition coefficient (Wildman–Crippen LogP) is 2.28. The van der Waals surface area contributed by atoms with E-state index in [9.17, 15) is 35.5 Å². The van der Waals surface area contributed by atoms with E-state index in [0.717, 1.165) is 12.1 Å². The van der Waals surface area contributed by atoms with Gasteiger partial charge in [0.05, 0.1) is 5.69 Å². The number of isocyanates is 1. The Hall–Kier alpha value is -3.15. The lowest BCUT2D eigenvalue weighted by Gasteiger charge is -2.08. The molecular formula is C17H14N2O8S2. The first kappa shape index (κ1) is 22.1. The summed E-state index contributed by atoms with van der Waals surface area (Å²) in [6.45, 7) is 1.22. The zero-order valence-corrected chi connectivity index (χ0v) is 16.4. The Kier molecular flexibility index (Phi) is 6.47. The van der Waals surface area contributed by atoms with Gasteiger partial charge in [-0.25, -0.2) is 4.79 Å². The fourth-order valence-corrected chi connectivity index (χ4v) is 3.78. The normalized spacial score (nSPS) is 11.8. The summed E-state index contributed by atoms with van der Waals surface area (Å²) in [5.74, 6) is -0.453. The van der Waals surface area contributed by atoms with Crippen LogP contribution in [0.15, 0.2) is 51.2 Å². The van der Waals surface area contributed by atoms with Gasteiger partial charge in [-0.05, 0) is 35.4 Å². The predicted molar refractivity (Wildman–Crippen MR) is 104 cm³/mol. The van der Waals surface area contributed by atoms with Gasteiger partial charge in [0, 0.05) is 12.6 Å². The van der Waals surface area contributed by atoms with Crippen molar-refractivity contribution in [2.45, 2.75) is 16.7 Å². The summed E-state index contributed by atoms with van der Waals surface area (Å²) in [5, 5.41) is 2.37. The molecular weight excluding hydrogens is 424 g/mol. The number of carbonyl (C=O) groups is 1. The van der Waals surface area contributed by atoms with Gasteiger partial charge >= 0.3 is 0 Å². The van der Waals surface area contributed by atoms with Crippen molar-refractivity contribution < 1.29 is 35.5 Å². The number of hydrogen-bond acceptors (Lipinski definition) is 7. The number of aliphatic imine (C=N–C) groups is 1. The minimum Gasteiger partial charge on any atom is -0.326 e. The van der Waals surface area contributed by atoms with Crippen LogP contribution in [0.4, 0.5) is 11.4 Å². The molecule has 12 heteroatoms. The summed E-state index contributed by atoms with van der Waals surface area (Å²) in [5.41, 5.74) is 0.00231. The average molecular weight is 438 g/mol. The van der Waals surface area contributed by atoms with E-state index in [1.807, 2.05) is 0 Å². The third kappa shape index (κ3) is 5.91. The van der Waals surface area contributed by atoms with Gasteiger partial charge in [0.2, 0.25) is 12.0 Å². The lowest BCUT2D eigenvalue weighted by atomic mass is 10.1. The summed E-state index contributed by atoms with van der Waals surface area (Å²) in [6, 6.07) is 7.13. The molecule has 2 aromatic carbocycles. The quantitative estimate of drug-likeness (QED) is 0.267. The van der Waals surface area contributed by atoms with Gasteiger partial charge in [0.1, 0.15) is 9.79 Å². The van der Waals surface area contributed by atoms with Crippen LogP contribution in [0.5, 0.6) is 0 Å². The van der Waals surface area contributed by atoms with Crippen molar-refractivity contribution in [2.75, 3.05) is 5.32 Å². The SMILES string of the molecule is CC(=O)Nc1ccc(C=Cc2ccc(N=C=O)cc2S(=O)(=O)O)c(S(=O)(=O)O)c1. The number of carbonyl (C=O) groups excluding carboxylic acids is 2. The maximum Gasteiger partial charge on any atom is 0.295 e. The molecule has 29 heavy (non-hydrogen) atoms. The number of amides is 1. The van der Waals surface area contributed by atoms with Crippen LogP contribution in [0.1, 0.15) is 18.1 Å². The first-order chi connectivity index (χ1) is 13.4. The molecule has 2 aromatic rings. The monoisotopic (exact) mass is 438 g/mol. The molecule has 152 valence electrons. The van der Waals surface area contributed by atoms with E-state index >= 15 is 0 Å². The minimum atomic E-state index is -4.69. The molecule has 1 amide bonds. The van der Waals surface area contributed by atoms with Gasteiger partial charge in [0.25, 0.3) is 20.2 Å². The van der Waals surface area contributed by atoms with Gasteiger partial charge in [-0.2, -0.15) is 21.8 Å². The summed E-state index contributed by atoms with van der Waals surface area (Å²) < 4.78 is 65.4. The Bertz CT molecular complexity index is 1260. The van der Waals surface area contributed by atoms with Crippen LogP contribution < -0.4 is 5.32 Å². The van der Waals surface area contributed by atoms with Crippen molar-refractivity contribution in [2.24, 2.45) is 4.99 Å². The third-order valence-corrected chi connectivity index (χ3v) is 5.32. The Morgan fingerprint density at radius 1 is 0.966 bits per heavy atom.